The molecule has 0 bridgehead atoms. The number of halogens is 1. The largest absolute Gasteiger partial charge is 0.483 e. The number of nitrogens with zero attached hydrogens (tertiary/aromatic N) is 1. The van der Waals surface area contributed by atoms with Crippen LogP contribution in [0.3, 0.4) is 0 Å². The highest BCUT2D eigenvalue weighted by Gasteiger charge is 2.34. The van der Waals surface area contributed by atoms with Crippen molar-refractivity contribution in [3.05, 3.63) is 65.0 Å². The van der Waals surface area contributed by atoms with Crippen LogP contribution in [-0.4, -0.2) is 35.1 Å². The highest BCUT2D eigenvalue weighted by molar-refractivity contribution is 5.78. The van der Waals surface area contributed by atoms with E-state index in [2.05, 4.69) is 0 Å². The lowest BCUT2D eigenvalue weighted by atomic mass is 10.1. The van der Waals surface area contributed by atoms with E-state index in [-0.39, 0.29) is 30.9 Å². The van der Waals surface area contributed by atoms with Crippen LogP contribution in [0.4, 0.5) is 4.39 Å². The molecular formula is C21H24FNO3. The van der Waals surface area contributed by atoms with Crippen molar-refractivity contribution >= 4 is 5.91 Å². The molecular weight excluding hydrogens is 333 g/mol. The Kier molecular flexibility index (Phi) is 5.57. The summed E-state index contributed by atoms with van der Waals surface area (Å²) in [6.45, 7) is 4.04. The average molecular weight is 357 g/mol. The molecule has 1 atom stereocenters. The summed E-state index contributed by atoms with van der Waals surface area (Å²) in [5.74, 6) is 0.209. The maximum atomic E-state index is 13.0. The molecule has 1 saturated carbocycles. The van der Waals surface area contributed by atoms with Crippen LogP contribution < -0.4 is 4.74 Å². The zero-order valence-electron chi connectivity index (χ0n) is 15.1. The van der Waals surface area contributed by atoms with Crippen molar-refractivity contribution in [3.63, 3.8) is 0 Å². The van der Waals surface area contributed by atoms with E-state index in [4.69, 9.17) is 4.74 Å². The van der Waals surface area contributed by atoms with Crippen LogP contribution in [0.15, 0.2) is 42.5 Å². The number of aliphatic hydroxyl groups excluding tert-OH is 1. The van der Waals surface area contributed by atoms with E-state index in [1.807, 2.05) is 32.0 Å². The van der Waals surface area contributed by atoms with Crippen LogP contribution in [0.25, 0.3) is 0 Å². The Morgan fingerprint density at radius 3 is 2.58 bits per heavy atom. The summed E-state index contributed by atoms with van der Waals surface area (Å²) in [6, 6.07) is 11.7. The molecule has 4 nitrogen and oxygen atoms in total. The Hall–Kier alpha value is -2.40. The van der Waals surface area contributed by atoms with Crippen LogP contribution in [0.5, 0.6) is 5.75 Å². The smallest absolute Gasteiger partial charge is 0.260 e. The fraction of sp³-hybridized carbons (Fsp3) is 0.381. The van der Waals surface area contributed by atoms with Gasteiger partial charge in [-0.05, 0) is 61.6 Å². The highest BCUT2D eigenvalue weighted by atomic mass is 19.1. The number of aryl methyl sites for hydroxylation is 2. The van der Waals surface area contributed by atoms with E-state index in [9.17, 15) is 14.3 Å². The Morgan fingerprint density at radius 1 is 1.23 bits per heavy atom. The predicted octanol–water partition coefficient (Wildman–Crippen LogP) is 3.55. The van der Waals surface area contributed by atoms with E-state index in [1.165, 1.54) is 12.1 Å². The molecule has 2 aromatic carbocycles. The lowest BCUT2D eigenvalue weighted by molar-refractivity contribution is -0.135. The zero-order chi connectivity index (χ0) is 18.7. The second kappa shape index (κ2) is 7.87. The number of aliphatic hydroxyl groups is 1. The molecule has 0 heterocycles. The average Bonchev–Trinajstić information content (AvgIpc) is 3.45. The number of benzene rings is 2. The monoisotopic (exact) mass is 357 g/mol. The molecule has 5 heteroatoms. The van der Waals surface area contributed by atoms with Crippen molar-refractivity contribution in [1.82, 2.24) is 4.90 Å². The molecule has 2 aromatic rings. The molecule has 1 aliphatic carbocycles. The van der Waals surface area contributed by atoms with Crippen molar-refractivity contribution in [2.45, 2.75) is 38.8 Å². The van der Waals surface area contributed by atoms with Gasteiger partial charge in [0.05, 0.1) is 12.6 Å². The topological polar surface area (TPSA) is 49.8 Å². The number of ether oxygens (including phenoxy) is 1. The first-order valence-electron chi connectivity index (χ1n) is 8.87. The van der Waals surface area contributed by atoms with Gasteiger partial charge in [0.15, 0.2) is 6.61 Å². The summed E-state index contributed by atoms with van der Waals surface area (Å²) in [7, 11) is 0. The van der Waals surface area contributed by atoms with Crippen molar-refractivity contribution in [3.8, 4) is 5.75 Å². The quantitative estimate of drug-likeness (QED) is 0.824. The van der Waals surface area contributed by atoms with E-state index >= 15 is 0 Å². The Morgan fingerprint density at radius 2 is 1.92 bits per heavy atom. The fourth-order valence-electron chi connectivity index (χ4n) is 2.90. The van der Waals surface area contributed by atoms with Gasteiger partial charge in [0.2, 0.25) is 0 Å². The van der Waals surface area contributed by atoms with Crippen molar-refractivity contribution in [2.75, 3.05) is 13.2 Å². The van der Waals surface area contributed by atoms with Gasteiger partial charge in [-0.3, -0.25) is 4.79 Å². The highest BCUT2D eigenvalue weighted by Crippen LogP contribution is 2.29. The molecule has 1 fully saturated rings. The van der Waals surface area contributed by atoms with Gasteiger partial charge in [-0.15, -0.1) is 0 Å². The maximum absolute atomic E-state index is 13.0. The third-order valence-corrected chi connectivity index (χ3v) is 4.63. The van der Waals surface area contributed by atoms with Crippen LogP contribution in [0, 0.1) is 19.7 Å². The predicted molar refractivity (Wildman–Crippen MR) is 97.5 cm³/mol. The summed E-state index contributed by atoms with van der Waals surface area (Å²) < 4.78 is 18.8. The van der Waals surface area contributed by atoms with Crippen molar-refractivity contribution in [1.29, 1.82) is 0 Å². The molecule has 1 aliphatic rings. The van der Waals surface area contributed by atoms with Gasteiger partial charge in [0, 0.05) is 6.04 Å². The lowest BCUT2D eigenvalue weighted by Crippen LogP contribution is -2.39. The van der Waals surface area contributed by atoms with Gasteiger partial charge >= 0.3 is 0 Å². The number of hydrogen-bond donors (Lipinski definition) is 1. The van der Waals surface area contributed by atoms with Gasteiger partial charge in [0.25, 0.3) is 5.91 Å². The molecule has 3 rings (SSSR count). The molecule has 1 N–H and O–H groups in total. The number of hydrogen-bond acceptors (Lipinski definition) is 3. The minimum Gasteiger partial charge on any atom is -0.483 e. The number of rotatable bonds is 7. The minimum absolute atomic E-state index is 0.0586. The Balaban J connectivity index is 1.63. The van der Waals surface area contributed by atoms with Gasteiger partial charge in [-0.1, -0.05) is 24.3 Å². The number of carbonyl (C=O) groups excluding carboxylic acids is 1. The van der Waals surface area contributed by atoms with Gasteiger partial charge in [0.1, 0.15) is 11.6 Å². The van der Waals surface area contributed by atoms with Gasteiger partial charge in [-0.25, -0.2) is 4.39 Å². The number of carbonyl (C=O) groups is 1. The summed E-state index contributed by atoms with van der Waals surface area (Å²) in [5.41, 5.74) is 2.65. The van der Waals surface area contributed by atoms with Crippen LogP contribution in [-0.2, 0) is 4.79 Å². The van der Waals surface area contributed by atoms with E-state index in [0.717, 1.165) is 24.0 Å². The van der Waals surface area contributed by atoms with E-state index in [0.29, 0.717) is 11.3 Å². The van der Waals surface area contributed by atoms with Crippen LogP contribution >= 0.6 is 0 Å². The normalized spacial score (nSPS) is 14.8. The summed E-state index contributed by atoms with van der Waals surface area (Å²) in [4.78, 5) is 14.3. The molecule has 26 heavy (non-hydrogen) atoms. The van der Waals surface area contributed by atoms with Crippen LogP contribution in [0.2, 0.25) is 0 Å². The molecule has 0 unspecified atom stereocenters. The first-order valence-corrected chi connectivity index (χ1v) is 8.87. The van der Waals surface area contributed by atoms with Crippen LogP contribution in [0.1, 0.15) is 35.6 Å². The Labute approximate surface area is 153 Å². The molecule has 1 amide bonds. The zero-order valence-corrected chi connectivity index (χ0v) is 15.1. The van der Waals surface area contributed by atoms with E-state index < -0.39 is 6.10 Å². The number of amides is 1. The molecule has 138 valence electrons. The fourth-order valence-corrected chi connectivity index (χ4v) is 2.90. The SMILES string of the molecule is Cc1ccc(C)c(OCC(=O)N(C[C@H](O)c2ccc(F)cc2)C2CC2)c1. The summed E-state index contributed by atoms with van der Waals surface area (Å²) >= 11 is 0. The summed E-state index contributed by atoms with van der Waals surface area (Å²) in [6.07, 6.45) is 1.03. The van der Waals surface area contributed by atoms with Crippen molar-refractivity contribution < 1.29 is 19.0 Å². The summed E-state index contributed by atoms with van der Waals surface area (Å²) in [5, 5.41) is 10.4. The second-order valence-corrected chi connectivity index (χ2v) is 6.90. The first-order chi connectivity index (χ1) is 12.4. The molecule has 0 spiro atoms. The van der Waals surface area contributed by atoms with E-state index in [1.54, 1.807) is 17.0 Å². The molecule has 0 aromatic heterocycles. The van der Waals surface area contributed by atoms with Gasteiger partial charge in [-0.2, -0.15) is 0 Å². The minimum atomic E-state index is -0.846. The Bertz CT molecular complexity index is 771. The third-order valence-electron chi connectivity index (χ3n) is 4.63. The maximum Gasteiger partial charge on any atom is 0.260 e. The van der Waals surface area contributed by atoms with Crippen molar-refractivity contribution in [2.24, 2.45) is 0 Å². The standard InChI is InChI=1S/C21H24FNO3/c1-14-3-4-15(2)20(11-14)26-13-21(25)23(18-9-10-18)12-19(24)16-5-7-17(22)8-6-16/h3-8,11,18-19,24H,9-10,12-13H2,1-2H3/t19-/m0/s1. The molecule has 0 saturated heterocycles. The molecule has 0 aliphatic heterocycles. The third kappa shape index (κ3) is 4.61. The lowest BCUT2D eigenvalue weighted by Gasteiger charge is -2.25. The molecule has 0 radical (unpaired) electrons. The first kappa shape index (κ1) is 18.4. The second-order valence-electron chi connectivity index (χ2n) is 6.90. The van der Waals surface area contributed by atoms with Gasteiger partial charge < -0.3 is 14.7 Å².